The van der Waals surface area contributed by atoms with Gasteiger partial charge in [0.25, 0.3) is 0 Å². The molecule has 2 unspecified atom stereocenters. The first-order valence-corrected chi connectivity index (χ1v) is 9.25. The van der Waals surface area contributed by atoms with E-state index in [1.807, 2.05) is 50.7 Å². The fourth-order valence-electron chi connectivity index (χ4n) is 2.13. The molecule has 0 saturated heterocycles. The molecule has 0 fully saturated rings. The van der Waals surface area contributed by atoms with Crippen LogP contribution in [-0.2, 0) is 14.6 Å². The van der Waals surface area contributed by atoms with Crippen molar-refractivity contribution in [2.75, 3.05) is 13.2 Å². The largest absolute Gasteiger partial charge is 0.396 e. The Labute approximate surface area is 116 Å². The summed E-state index contributed by atoms with van der Waals surface area (Å²) in [6.07, 6.45) is 0.674. The van der Waals surface area contributed by atoms with Gasteiger partial charge in [0.1, 0.15) is 5.72 Å². The number of rotatable bonds is 8. The molecule has 0 amide bonds. The van der Waals surface area contributed by atoms with E-state index in [0.29, 0.717) is 13.0 Å². The second-order valence-corrected chi connectivity index (χ2v) is 8.23. The van der Waals surface area contributed by atoms with Gasteiger partial charge >= 0.3 is 8.56 Å². The maximum absolute atomic E-state index is 8.99. The van der Waals surface area contributed by atoms with E-state index in [1.165, 1.54) is 0 Å². The van der Waals surface area contributed by atoms with Gasteiger partial charge in [-0.05, 0) is 38.4 Å². The smallest absolute Gasteiger partial charge is 0.336 e. The summed E-state index contributed by atoms with van der Waals surface area (Å²) in [7, 11) is -2.37. The van der Waals surface area contributed by atoms with Crippen LogP contribution in [0.4, 0.5) is 0 Å². The van der Waals surface area contributed by atoms with Crippen molar-refractivity contribution in [2.24, 2.45) is 5.73 Å². The van der Waals surface area contributed by atoms with E-state index in [1.54, 1.807) is 0 Å². The minimum absolute atomic E-state index is 0.144. The van der Waals surface area contributed by atoms with Crippen LogP contribution in [-0.4, -0.2) is 26.9 Å². The van der Waals surface area contributed by atoms with E-state index in [2.05, 4.69) is 0 Å². The third kappa shape index (κ3) is 5.04. The minimum Gasteiger partial charge on any atom is -0.396 e. The molecule has 3 N–H and O–H groups in total. The molecule has 0 aromatic heterocycles. The summed E-state index contributed by atoms with van der Waals surface area (Å²) < 4.78 is 12.0. The quantitative estimate of drug-likeness (QED) is 0.568. The summed E-state index contributed by atoms with van der Waals surface area (Å²) in [6, 6.07) is 10.5. The average molecular weight is 283 g/mol. The lowest BCUT2D eigenvalue weighted by Crippen LogP contribution is -2.50. The van der Waals surface area contributed by atoms with E-state index in [4.69, 9.17) is 19.7 Å². The molecule has 1 aromatic rings. The van der Waals surface area contributed by atoms with Gasteiger partial charge in [-0.1, -0.05) is 30.3 Å². The van der Waals surface area contributed by atoms with Crippen molar-refractivity contribution in [3.05, 3.63) is 35.9 Å². The molecule has 0 saturated carbocycles. The van der Waals surface area contributed by atoms with Crippen LogP contribution in [0.15, 0.2) is 30.3 Å². The van der Waals surface area contributed by atoms with Gasteiger partial charge in [-0.15, -0.1) is 0 Å². The first-order chi connectivity index (χ1) is 8.93. The first-order valence-electron chi connectivity index (χ1n) is 6.73. The molecule has 108 valence electrons. The van der Waals surface area contributed by atoms with Gasteiger partial charge in [-0.25, -0.2) is 0 Å². The molecule has 1 rings (SSSR count). The van der Waals surface area contributed by atoms with Crippen molar-refractivity contribution in [3.8, 4) is 0 Å². The molecule has 1 aromatic carbocycles. The highest BCUT2D eigenvalue weighted by Gasteiger charge is 2.38. The maximum Gasteiger partial charge on any atom is 0.336 e. The van der Waals surface area contributed by atoms with Gasteiger partial charge in [-0.3, -0.25) is 0 Å². The second kappa shape index (κ2) is 7.16. The minimum atomic E-state index is -2.37. The van der Waals surface area contributed by atoms with Crippen LogP contribution in [0.3, 0.4) is 0 Å². The Balaban J connectivity index is 2.82. The highest BCUT2D eigenvalue weighted by Crippen LogP contribution is 2.27. The fraction of sp³-hybridized carbons (Fsp3) is 0.571. The van der Waals surface area contributed by atoms with Crippen molar-refractivity contribution in [3.63, 3.8) is 0 Å². The lowest BCUT2D eigenvalue weighted by atomic mass is 10.1. The second-order valence-electron chi connectivity index (χ2n) is 4.97. The molecule has 0 bridgehead atoms. The zero-order chi connectivity index (χ0) is 14.4. The molecular formula is C14H25NO3Si. The van der Waals surface area contributed by atoms with Crippen molar-refractivity contribution >= 4 is 8.56 Å². The van der Waals surface area contributed by atoms with Gasteiger partial charge in [0.15, 0.2) is 0 Å². The summed E-state index contributed by atoms with van der Waals surface area (Å²) >= 11 is 0. The van der Waals surface area contributed by atoms with Crippen LogP contribution in [0.1, 0.15) is 25.8 Å². The Bertz CT molecular complexity index is 372. The van der Waals surface area contributed by atoms with Crippen LogP contribution < -0.4 is 5.73 Å². The lowest BCUT2D eigenvalue weighted by Gasteiger charge is -2.36. The normalized spacial score (nSPS) is 17.7. The van der Waals surface area contributed by atoms with Crippen molar-refractivity contribution in [2.45, 2.75) is 38.6 Å². The number of aliphatic hydroxyl groups is 1. The molecule has 0 spiro atoms. The molecule has 0 aliphatic heterocycles. The van der Waals surface area contributed by atoms with E-state index in [9.17, 15) is 0 Å². The van der Waals surface area contributed by atoms with E-state index in [0.717, 1.165) is 11.6 Å². The molecule has 4 nitrogen and oxygen atoms in total. The van der Waals surface area contributed by atoms with Crippen molar-refractivity contribution in [1.82, 2.24) is 0 Å². The summed E-state index contributed by atoms with van der Waals surface area (Å²) in [5.74, 6) is 0. The number of hydrogen-bond donors (Lipinski definition) is 2. The third-order valence-electron chi connectivity index (χ3n) is 3.01. The average Bonchev–Trinajstić information content (AvgIpc) is 2.37. The third-order valence-corrected chi connectivity index (χ3v) is 6.03. The van der Waals surface area contributed by atoms with Crippen LogP contribution in [0.5, 0.6) is 0 Å². The molecule has 2 atom stereocenters. The van der Waals surface area contributed by atoms with Crippen molar-refractivity contribution in [1.29, 1.82) is 0 Å². The molecule has 5 heteroatoms. The van der Waals surface area contributed by atoms with Gasteiger partial charge < -0.3 is 19.7 Å². The Morgan fingerprint density at radius 2 is 1.95 bits per heavy atom. The fourth-order valence-corrected chi connectivity index (χ4v) is 4.87. The van der Waals surface area contributed by atoms with E-state index < -0.39 is 14.3 Å². The number of nitrogens with two attached hydrogens (primary N) is 1. The summed E-state index contributed by atoms with van der Waals surface area (Å²) in [6.45, 7) is 6.54. The molecule has 0 heterocycles. The topological polar surface area (TPSA) is 64.7 Å². The van der Waals surface area contributed by atoms with Crippen LogP contribution in [0.25, 0.3) is 0 Å². The Hall–Kier alpha value is -0.723. The Morgan fingerprint density at radius 1 is 1.32 bits per heavy atom. The number of benzene rings is 1. The standard InChI is InChI=1S/C14H25NO3Si/c1-4-17-19(3,12-8-11-16)18-14(2,15)13-9-6-5-7-10-13/h5-7,9-10,16H,4,8,11-12,15H2,1-3H3. The van der Waals surface area contributed by atoms with Crippen LogP contribution in [0, 0.1) is 0 Å². The Morgan fingerprint density at radius 3 is 2.47 bits per heavy atom. The monoisotopic (exact) mass is 283 g/mol. The molecule has 0 radical (unpaired) electrons. The predicted molar refractivity (Wildman–Crippen MR) is 78.8 cm³/mol. The zero-order valence-electron chi connectivity index (χ0n) is 12.1. The van der Waals surface area contributed by atoms with E-state index >= 15 is 0 Å². The van der Waals surface area contributed by atoms with Gasteiger partial charge in [0.05, 0.1) is 0 Å². The molecular weight excluding hydrogens is 258 g/mol. The summed E-state index contributed by atoms with van der Waals surface area (Å²) in [5, 5.41) is 8.99. The van der Waals surface area contributed by atoms with Gasteiger partial charge in [0.2, 0.25) is 0 Å². The van der Waals surface area contributed by atoms with Crippen LogP contribution in [0.2, 0.25) is 12.6 Å². The SMILES string of the molecule is CCO[Si](C)(CCCO)OC(C)(N)c1ccccc1. The van der Waals surface area contributed by atoms with E-state index in [-0.39, 0.29) is 6.61 Å². The molecule has 0 aliphatic rings. The predicted octanol–water partition coefficient (Wildman–Crippen LogP) is 2.33. The lowest BCUT2D eigenvalue weighted by molar-refractivity contribution is 0.0391. The highest BCUT2D eigenvalue weighted by molar-refractivity contribution is 6.66. The number of aliphatic hydroxyl groups excluding tert-OH is 1. The zero-order valence-corrected chi connectivity index (χ0v) is 13.1. The van der Waals surface area contributed by atoms with Gasteiger partial charge in [0, 0.05) is 13.2 Å². The highest BCUT2D eigenvalue weighted by atomic mass is 28.4. The number of hydrogen-bond acceptors (Lipinski definition) is 4. The Kier molecular flexibility index (Phi) is 6.16. The summed E-state index contributed by atoms with van der Waals surface area (Å²) in [5.41, 5.74) is 6.36. The molecule has 0 aliphatic carbocycles. The first kappa shape index (κ1) is 16.3. The van der Waals surface area contributed by atoms with Gasteiger partial charge in [-0.2, -0.15) is 0 Å². The van der Waals surface area contributed by atoms with Crippen LogP contribution >= 0.6 is 0 Å². The van der Waals surface area contributed by atoms with Crippen molar-refractivity contribution < 1.29 is 14.0 Å². The summed E-state index contributed by atoms with van der Waals surface area (Å²) in [4.78, 5) is 0. The molecule has 19 heavy (non-hydrogen) atoms. The maximum atomic E-state index is 8.99.